The summed E-state index contributed by atoms with van der Waals surface area (Å²) in [7, 11) is 1.58. The van der Waals surface area contributed by atoms with Crippen molar-refractivity contribution in [2.24, 2.45) is 0 Å². The Balaban J connectivity index is 1.85. The molecule has 0 fully saturated rings. The number of ether oxygens (including phenoxy) is 1. The van der Waals surface area contributed by atoms with Gasteiger partial charge in [-0.2, -0.15) is 4.98 Å². The van der Waals surface area contributed by atoms with Gasteiger partial charge in [-0.15, -0.1) is 0 Å². The predicted octanol–water partition coefficient (Wildman–Crippen LogP) is 0.863. The van der Waals surface area contributed by atoms with E-state index in [0.29, 0.717) is 11.8 Å². The molecule has 2 N–H and O–H groups in total. The number of hydrogen-bond acceptors (Lipinski definition) is 5. The lowest BCUT2D eigenvalue weighted by atomic mass is 10.3. The minimum atomic E-state index is 0.555. The predicted molar refractivity (Wildman–Crippen MR) is 59.4 cm³/mol. The molecule has 0 aromatic carbocycles. The molecule has 0 aliphatic rings. The van der Waals surface area contributed by atoms with Crippen molar-refractivity contribution in [2.45, 2.75) is 6.42 Å². The van der Waals surface area contributed by atoms with Crippen molar-refractivity contribution in [2.75, 3.05) is 19.0 Å². The number of anilines is 1. The maximum absolute atomic E-state index is 5.00. The third-order valence-corrected chi connectivity index (χ3v) is 2.07. The number of H-pyrrole nitrogens is 1. The van der Waals surface area contributed by atoms with Gasteiger partial charge in [0.1, 0.15) is 0 Å². The summed E-state index contributed by atoms with van der Waals surface area (Å²) in [5.74, 6) is 1.12. The molecule has 2 aromatic rings. The molecule has 0 saturated carbocycles. The van der Waals surface area contributed by atoms with E-state index in [1.165, 1.54) is 0 Å². The quantitative estimate of drug-likeness (QED) is 0.780. The topological polar surface area (TPSA) is 75.7 Å². The van der Waals surface area contributed by atoms with E-state index in [1.54, 1.807) is 31.9 Å². The molecule has 0 atom stereocenters. The normalized spacial score (nSPS) is 10.1. The lowest BCUT2D eigenvalue weighted by Crippen LogP contribution is -2.08. The van der Waals surface area contributed by atoms with Crippen LogP contribution in [0, 0.1) is 0 Å². The lowest BCUT2D eigenvalue weighted by molar-refractivity contribution is 0.397. The number of nitrogens with zero attached hydrogens (tertiary/aromatic N) is 3. The van der Waals surface area contributed by atoms with Gasteiger partial charge in [0, 0.05) is 37.1 Å². The fraction of sp³-hybridized carbons (Fsp3) is 0.300. The molecule has 0 spiro atoms. The Morgan fingerprint density at radius 2 is 2.44 bits per heavy atom. The number of aromatic amines is 1. The van der Waals surface area contributed by atoms with Crippen LogP contribution in [-0.4, -0.2) is 33.6 Å². The van der Waals surface area contributed by atoms with Crippen LogP contribution < -0.4 is 10.1 Å². The minimum absolute atomic E-state index is 0.555. The van der Waals surface area contributed by atoms with Gasteiger partial charge in [0.05, 0.1) is 13.4 Å². The smallest absolute Gasteiger partial charge is 0.225 e. The van der Waals surface area contributed by atoms with Crippen LogP contribution in [0.4, 0.5) is 5.95 Å². The minimum Gasteiger partial charge on any atom is -0.481 e. The van der Waals surface area contributed by atoms with Gasteiger partial charge in [-0.1, -0.05) is 0 Å². The van der Waals surface area contributed by atoms with Crippen LogP contribution in [0.1, 0.15) is 5.69 Å². The van der Waals surface area contributed by atoms with Crippen molar-refractivity contribution < 1.29 is 4.74 Å². The Morgan fingerprint density at radius 3 is 3.19 bits per heavy atom. The first-order valence-corrected chi connectivity index (χ1v) is 4.96. The summed E-state index contributed by atoms with van der Waals surface area (Å²) in [5, 5.41) is 3.11. The van der Waals surface area contributed by atoms with Gasteiger partial charge < -0.3 is 15.0 Å². The average molecular weight is 219 g/mol. The fourth-order valence-corrected chi connectivity index (χ4v) is 1.27. The highest BCUT2D eigenvalue weighted by Gasteiger charge is 1.98. The Kier molecular flexibility index (Phi) is 3.32. The molecule has 84 valence electrons. The molecular weight excluding hydrogens is 206 g/mol. The number of aromatic nitrogens is 4. The lowest BCUT2D eigenvalue weighted by Gasteiger charge is -2.04. The van der Waals surface area contributed by atoms with Crippen molar-refractivity contribution in [3.8, 4) is 5.88 Å². The van der Waals surface area contributed by atoms with Crippen molar-refractivity contribution >= 4 is 5.95 Å². The first kappa shape index (κ1) is 10.4. The molecule has 2 rings (SSSR count). The second-order valence-corrected chi connectivity index (χ2v) is 3.18. The molecule has 6 heteroatoms. The number of imidazole rings is 1. The van der Waals surface area contributed by atoms with E-state index in [9.17, 15) is 0 Å². The molecule has 0 amide bonds. The zero-order chi connectivity index (χ0) is 11.2. The molecule has 0 unspecified atom stereocenters. The molecule has 16 heavy (non-hydrogen) atoms. The summed E-state index contributed by atoms with van der Waals surface area (Å²) in [6.45, 7) is 0.745. The molecule has 0 radical (unpaired) electrons. The highest BCUT2D eigenvalue weighted by atomic mass is 16.5. The van der Waals surface area contributed by atoms with Gasteiger partial charge in [-0.05, 0) is 0 Å². The van der Waals surface area contributed by atoms with E-state index in [0.717, 1.165) is 18.7 Å². The first-order valence-electron chi connectivity index (χ1n) is 4.96. The van der Waals surface area contributed by atoms with Gasteiger partial charge in [0.2, 0.25) is 11.8 Å². The Labute approximate surface area is 93.1 Å². The van der Waals surface area contributed by atoms with Gasteiger partial charge in [-0.3, -0.25) is 0 Å². The molecule has 6 nitrogen and oxygen atoms in total. The number of rotatable bonds is 5. The number of nitrogens with one attached hydrogen (secondary N) is 2. The summed E-state index contributed by atoms with van der Waals surface area (Å²) < 4.78 is 5.00. The van der Waals surface area contributed by atoms with Crippen LogP contribution in [0.5, 0.6) is 5.88 Å². The maximum Gasteiger partial charge on any atom is 0.225 e. The molecular formula is C10H13N5O. The summed E-state index contributed by atoms with van der Waals surface area (Å²) >= 11 is 0. The van der Waals surface area contributed by atoms with Crippen LogP contribution >= 0.6 is 0 Å². The Bertz CT molecular complexity index is 429. The van der Waals surface area contributed by atoms with Crippen LogP contribution in [0.25, 0.3) is 0 Å². The third kappa shape index (κ3) is 2.69. The highest BCUT2D eigenvalue weighted by Crippen LogP contribution is 2.06. The van der Waals surface area contributed by atoms with Crippen molar-refractivity contribution in [3.63, 3.8) is 0 Å². The Morgan fingerprint density at radius 1 is 1.50 bits per heavy atom. The van der Waals surface area contributed by atoms with E-state index in [4.69, 9.17) is 4.74 Å². The van der Waals surface area contributed by atoms with Crippen LogP contribution in [0.15, 0.2) is 24.8 Å². The number of hydrogen-bond donors (Lipinski definition) is 2. The average Bonchev–Trinajstić information content (AvgIpc) is 2.82. The largest absolute Gasteiger partial charge is 0.481 e. The highest BCUT2D eigenvalue weighted by molar-refractivity contribution is 5.27. The zero-order valence-electron chi connectivity index (χ0n) is 8.97. The van der Waals surface area contributed by atoms with E-state index in [2.05, 4.69) is 25.3 Å². The van der Waals surface area contributed by atoms with Crippen LogP contribution in [-0.2, 0) is 6.42 Å². The summed E-state index contributed by atoms with van der Waals surface area (Å²) in [6.07, 6.45) is 5.97. The fourth-order valence-electron chi connectivity index (χ4n) is 1.27. The monoisotopic (exact) mass is 219 g/mol. The van der Waals surface area contributed by atoms with Crippen molar-refractivity contribution in [1.29, 1.82) is 0 Å². The van der Waals surface area contributed by atoms with E-state index in [-0.39, 0.29) is 0 Å². The summed E-state index contributed by atoms with van der Waals surface area (Å²) in [6, 6.07) is 1.71. The van der Waals surface area contributed by atoms with Gasteiger partial charge in [-0.25, -0.2) is 9.97 Å². The summed E-state index contributed by atoms with van der Waals surface area (Å²) in [5.41, 5.74) is 1.08. The van der Waals surface area contributed by atoms with Crippen LogP contribution in [0.2, 0.25) is 0 Å². The number of methoxy groups -OCH3 is 1. The molecule has 0 bridgehead atoms. The standard InChI is InChI=1S/C10H13N5O/c1-16-9-3-5-13-10(15-9)12-4-2-8-6-11-7-14-8/h3,5-7H,2,4H2,1H3,(H,11,14)(H,12,13,15). The molecule has 2 heterocycles. The third-order valence-electron chi connectivity index (χ3n) is 2.07. The summed E-state index contributed by atoms with van der Waals surface area (Å²) in [4.78, 5) is 15.2. The Hall–Kier alpha value is -2.11. The molecule has 0 aliphatic heterocycles. The second-order valence-electron chi connectivity index (χ2n) is 3.18. The van der Waals surface area contributed by atoms with Gasteiger partial charge in [0.25, 0.3) is 0 Å². The zero-order valence-corrected chi connectivity index (χ0v) is 8.97. The SMILES string of the molecule is COc1ccnc(NCCc2cnc[nH]2)n1. The van der Waals surface area contributed by atoms with Gasteiger partial charge >= 0.3 is 0 Å². The maximum atomic E-state index is 5.00. The van der Waals surface area contributed by atoms with E-state index in [1.807, 2.05) is 0 Å². The first-order chi connectivity index (χ1) is 7.88. The molecule has 0 aliphatic carbocycles. The van der Waals surface area contributed by atoms with Crippen molar-refractivity contribution in [3.05, 3.63) is 30.5 Å². The van der Waals surface area contributed by atoms with Gasteiger partial charge in [0.15, 0.2) is 0 Å². The van der Waals surface area contributed by atoms with Crippen LogP contribution in [0.3, 0.4) is 0 Å². The molecule has 0 saturated heterocycles. The van der Waals surface area contributed by atoms with E-state index < -0.39 is 0 Å². The second kappa shape index (κ2) is 5.11. The van der Waals surface area contributed by atoms with E-state index >= 15 is 0 Å². The van der Waals surface area contributed by atoms with Crippen molar-refractivity contribution in [1.82, 2.24) is 19.9 Å². The molecule has 2 aromatic heterocycles.